The van der Waals surface area contributed by atoms with Gasteiger partial charge in [-0.25, -0.2) is 0 Å². The summed E-state index contributed by atoms with van der Waals surface area (Å²) in [6.07, 6.45) is 6.41. The SMILES string of the molecule is C[C]1C=CC(C)=C1.[Cl][Zr][Cl]. The molecule has 1 aliphatic carbocycles. The van der Waals surface area contributed by atoms with E-state index in [2.05, 4.69) is 32.1 Å². The van der Waals surface area contributed by atoms with Crippen molar-refractivity contribution in [2.24, 2.45) is 0 Å². The molecule has 0 aromatic heterocycles. The maximum atomic E-state index is 4.93. The van der Waals surface area contributed by atoms with Crippen molar-refractivity contribution in [1.82, 2.24) is 0 Å². The molecule has 3 heteroatoms. The molecule has 0 atom stereocenters. The Hall–Kier alpha value is 0.943. The van der Waals surface area contributed by atoms with Crippen LogP contribution in [0.4, 0.5) is 0 Å². The van der Waals surface area contributed by atoms with Crippen LogP contribution in [-0.2, 0) is 20.8 Å². The first kappa shape index (κ1) is 10.9. The van der Waals surface area contributed by atoms with Crippen molar-refractivity contribution in [1.29, 1.82) is 0 Å². The number of hydrogen-bond donors (Lipinski definition) is 0. The molecule has 0 bridgehead atoms. The van der Waals surface area contributed by atoms with Crippen LogP contribution in [0.1, 0.15) is 13.8 Å². The quantitative estimate of drug-likeness (QED) is 0.621. The Balaban J connectivity index is 0.000000236. The average Bonchev–Trinajstić information content (AvgIpc) is 2.17. The van der Waals surface area contributed by atoms with Crippen molar-refractivity contribution in [2.45, 2.75) is 13.8 Å². The zero-order valence-corrected chi connectivity index (χ0v) is 9.96. The van der Waals surface area contributed by atoms with Gasteiger partial charge in [0.1, 0.15) is 0 Å². The average molecular weight is 255 g/mol. The molecular formula is C7H9Cl2Zr. The Morgan fingerprint density at radius 1 is 1.20 bits per heavy atom. The molecule has 0 aromatic carbocycles. The Morgan fingerprint density at radius 3 is 1.80 bits per heavy atom. The van der Waals surface area contributed by atoms with Crippen LogP contribution in [0.5, 0.6) is 0 Å². The molecular weight excluding hydrogens is 246 g/mol. The minimum absolute atomic E-state index is 0.826. The van der Waals surface area contributed by atoms with Gasteiger partial charge >= 0.3 is 37.9 Å². The van der Waals surface area contributed by atoms with Crippen LogP contribution in [0, 0.1) is 5.92 Å². The van der Waals surface area contributed by atoms with Gasteiger partial charge in [-0.1, -0.05) is 30.7 Å². The summed E-state index contributed by atoms with van der Waals surface area (Å²) in [4.78, 5) is 0. The number of halogens is 2. The van der Waals surface area contributed by atoms with Gasteiger partial charge in [-0.3, -0.25) is 0 Å². The van der Waals surface area contributed by atoms with Crippen LogP contribution >= 0.6 is 17.0 Å². The van der Waals surface area contributed by atoms with E-state index in [1.807, 2.05) is 0 Å². The first-order valence-corrected chi connectivity index (χ1v) is 9.20. The summed E-state index contributed by atoms with van der Waals surface area (Å²) in [5.41, 5.74) is 1.36. The Labute approximate surface area is 81.0 Å². The zero-order valence-electron chi connectivity index (χ0n) is 5.99. The van der Waals surface area contributed by atoms with Gasteiger partial charge in [0.25, 0.3) is 0 Å². The van der Waals surface area contributed by atoms with E-state index >= 15 is 0 Å². The van der Waals surface area contributed by atoms with Crippen molar-refractivity contribution in [3.8, 4) is 0 Å². The summed E-state index contributed by atoms with van der Waals surface area (Å²) in [5, 5.41) is 0. The van der Waals surface area contributed by atoms with Crippen LogP contribution in [-0.4, -0.2) is 0 Å². The predicted octanol–water partition coefficient (Wildman–Crippen LogP) is 3.47. The third kappa shape index (κ3) is 5.71. The van der Waals surface area contributed by atoms with E-state index in [-0.39, 0.29) is 0 Å². The molecule has 0 unspecified atom stereocenters. The van der Waals surface area contributed by atoms with Gasteiger partial charge < -0.3 is 0 Å². The van der Waals surface area contributed by atoms with Gasteiger partial charge in [-0.05, 0) is 6.92 Å². The Bertz CT molecular complexity index is 141. The van der Waals surface area contributed by atoms with Crippen molar-refractivity contribution >= 4 is 17.0 Å². The van der Waals surface area contributed by atoms with Gasteiger partial charge in [0.15, 0.2) is 0 Å². The third-order valence-corrected chi connectivity index (χ3v) is 1.06. The molecule has 0 amide bonds. The summed E-state index contributed by atoms with van der Waals surface area (Å²) in [6.45, 7) is 4.21. The van der Waals surface area contributed by atoms with E-state index in [0.29, 0.717) is 0 Å². The first-order chi connectivity index (χ1) is 4.70. The number of allylic oxidation sites excluding steroid dienone is 4. The summed E-state index contributed by atoms with van der Waals surface area (Å²) in [7, 11) is 9.87. The fourth-order valence-electron chi connectivity index (χ4n) is 0.718. The van der Waals surface area contributed by atoms with Crippen LogP contribution in [0.15, 0.2) is 23.8 Å². The van der Waals surface area contributed by atoms with Gasteiger partial charge in [0.2, 0.25) is 0 Å². The molecule has 1 rings (SSSR count). The summed E-state index contributed by atoms with van der Waals surface area (Å²) in [6, 6.07) is 0. The molecule has 0 aliphatic heterocycles. The van der Waals surface area contributed by atoms with Crippen LogP contribution in [0.25, 0.3) is 0 Å². The van der Waals surface area contributed by atoms with Gasteiger partial charge in [-0.15, -0.1) is 0 Å². The Morgan fingerprint density at radius 2 is 1.70 bits per heavy atom. The maximum absolute atomic E-state index is 4.93. The van der Waals surface area contributed by atoms with Gasteiger partial charge in [-0.2, -0.15) is 0 Å². The second-order valence-electron chi connectivity index (χ2n) is 2.04. The first-order valence-electron chi connectivity index (χ1n) is 2.87. The molecule has 55 valence electrons. The molecule has 1 aliphatic rings. The molecule has 0 saturated carbocycles. The summed E-state index contributed by atoms with van der Waals surface area (Å²) < 4.78 is 0. The summed E-state index contributed by atoms with van der Waals surface area (Å²) >= 11 is -0.826. The number of rotatable bonds is 0. The second-order valence-corrected chi connectivity index (χ2v) is 5.77. The van der Waals surface area contributed by atoms with Crippen molar-refractivity contribution in [3.63, 3.8) is 0 Å². The zero-order chi connectivity index (χ0) is 7.98. The monoisotopic (exact) mass is 253 g/mol. The van der Waals surface area contributed by atoms with E-state index < -0.39 is 20.8 Å². The molecule has 0 heterocycles. The van der Waals surface area contributed by atoms with Gasteiger partial charge in [0.05, 0.1) is 0 Å². The fourth-order valence-corrected chi connectivity index (χ4v) is 0.718. The summed E-state index contributed by atoms with van der Waals surface area (Å²) in [5.74, 6) is 1.36. The normalized spacial score (nSPS) is 15.8. The topological polar surface area (TPSA) is 0 Å². The molecule has 0 nitrogen and oxygen atoms in total. The van der Waals surface area contributed by atoms with Crippen molar-refractivity contribution < 1.29 is 20.8 Å². The molecule has 0 aromatic rings. The second kappa shape index (κ2) is 6.64. The molecule has 0 fully saturated rings. The van der Waals surface area contributed by atoms with Crippen LogP contribution < -0.4 is 0 Å². The van der Waals surface area contributed by atoms with Crippen LogP contribution in [0.2, 0.25) is 0 Å². The van der Waals surface area contributed by atoms with E-state index in [0.717, 1.165) is 0 Å². The van der Waals surface area contributed by atoms with E-state index in [1.54, 1.807) is 0 Å². The van der Waals surface area contributed by atoms with Crippen molar-refractivity contribution in [3.05, 3.63) is 29.7 Å². The van der Waals surface area contributed by atoms with Gasteiger partial charge in [0, 0.05) is 5.92 Å². The molecule has 0 N–H and O–H groups in total. The van der Waals surface area contributed by atoms with Crippen molar-refractivity contribution in [2.75, 3.05) is 0 Å². The molecule has 0 spiro atoms. The minimum atomic E-state index is -0.826. The van der Waals surface area contributed by atoms with E-state index in [4.69, 9.17) is 17.0 Å². The predicted molar refractivity (Wildman–Crippen MR) is 43.5 cm³/mol. The molecule has 10 heavy (non-hydrogen) atoms. The third-order valence-electron chi connectivity index (χ3n) is 1.06. The molecule has 1 radical (unpaired) electrons. The van der Waals surface area contributed by atoms with E-state index in [9.17, 15) is 0 Å². The number of hydrogen-bond acceptors (Lipinski definition) is 0. The molecule has 0 saturated heterocycles. The Kier molecular flexibility index (Phi) is 7.27. The fraction of sp³-hybridized carbons (Fsp3) is 0.286. The van der Waals surface area contributed by atoms with Crippen LogP contribution in [0.3, 0.4) is 0 Å². The van der Waals surface area contributed by atoms with E-state index in [1.165, 1.54) is 11.5 Å². The standard InChI is InChI=1S/C7H9.2ClH.Zr/c1-6-3-4-7(2)5-6;;;/h3-5H,1-2H3;2*1H;/q;;;+2/p-2.